The Morgan fingerprint density at radius 2 is 1.12 bits per heavy atom. The highest BCUT2D eigenvalue weighted by molar-refractivity contribution is 5.91. The van der Waals surface area contributed by atoms with Crippen LogP contribution in [0, 0.1) is 40.9 Å². The Bertz CT molecular complexity index is 853. The van der Waals surface area contributed by atoms with Crippen LogP contribution in [0.25, 0.3) is 0 Å². The smallest absolute Gasteiger partial charge is 0.289 e. The molecule has 0 amide bonds. The van der Waals surface area contributed by atoms with Crippen molar-refractivity contribution >= 4 is 11.9 Å². The van der Waals surface area contributed by atoms with Crippen molar-refractivity contribution in [1.29, 1.82) is 0 Å². The molecule has 0 atom stereocenters. The molecule has 0 aliphatic heterocycles. The summed E-state index contributed by atoms with van der Waals surface area (Å²) in [5.41, 5.74) is 4.41. The molecule has 0 bridgehead atoms. The van der Waals surface area contributed by atoms with Gasteiger partial charge in [-0.25, -0.2) is 9.59 Å². The van der Waals surface area contributed by atoms with Gasteiger partial charge in [0, 0.05) is 6.42 Å². The quantitative estimate of drug-likeness (QED) is 0.187. The fourth-order valence-corrected chi connectivity index (χ4v) is 3.42. The average molecular weight is 455 g/mol. The van der Waals surface area contributed by atoms with Gasteiger partial charge < -0.3 is 0 Å². The minimum absolute atomic E-state index is 0.0802. The van der Waals surface area contributed by atoms with Gasteiger partial charge in [-0.3, -0.25) is 9.78 Å². The van der Waals surface area contributed by atoms with Gasteiger partial charge in [0.1, 0.15) is 0 Å². The minimum Gasteiger partial charge on any atom is -0.289 e. The SMILES string of the molecule is [CH2]CCCCCCC[C](OOC(=O)c1ccc(C)cc1C)OOC(=O)c1ccc(C)cc1C. The summed E-state index contributed by atoms with van der Waals surface area (Å²) in [4.78, 5) is 45.2. The summed E-state index contributed by atoms with van der Waals surface area (Å²) in [6.45, 7) is 11.4. The van der Waals surface area contributed by atoms with E-state index in [9.17, 15) is 9.59 Å². The highest BCUT2D eigenvalue weighted by atomic mass is 17.3. The van der Waals surface area contributed by atoms with Crippen molar-refractivity contribution in [1.82, 2.24) is 0 Å². The topological polar surface area (TPSA) is 71.1 Å². The molecule has 0 aliphatic carbocycles. The van der Waals surface area contributed by atoms with Gasteiger partial charge in [-0.1, -0.05) is 74.4 Å². The maximum absolute atomic E-state index is 12.4. The number of rotatable bonds is 13. The van der Waals surface area contributed by atoms with Crippen molar-refractivity contribution < 1.29 is 29.1 Å². The molecule has 0 saturated carbocycles. The summed E-state index contributed by atoms with van der Waals surface area (Å²) in [7, 11) is 0. The van der Waals surface area contributed by atoms with Crippen molar-refractivity contribution in [2.24, 2.45) is 0 Å². The van der Waals surface area contributed by atoms with Crippen LogP contribution in [0.5, 0.6) is 0 Å². The Hall–Kier alpha value is -2.70. The molecule has 0 unspecified atom stereocenters. The van der Waals surface area contributed by atoms with Crippen molar-refractivity contribution in [3.63, 3.8) is 0 Å². The lowest BCUT2D eigenvalue weighted by Gasteiger charge is -2.14. The van der Waals surface area contributed by atoms with E-state index in [0.717, 1.165) is 60.8 Å². The van der Waals surface area contributed by atoms with Crippen LogP contribution in [0.4, 0.5) is 0 Å². The Balaban J connectivity index is 1.94. The molecule has 0 fully saturated rings. The third kappa shape index (κ3) is 8.98. The van der Waals surface area contributed by atoms with Gasteiger partial charge in [0.25, 0.3) is 0 Å². The standard InChI is InChI=1S/C27H34O6/c1-6-7-8-9-10-11-12-25(30-32-26(28)23-15-13-19(2)17-21(23)4)31-33-27(29)24-16-14-20(3)18-22(24)5/h13-18H,1,6-12H2,2-5H3. The van der Waals surface area contributed by atoms with Crippen LogP contribution in [0.2, 0.25) is 0 Å². The summed E-state index contributed by atoms with van der Waals surface area (Å²) in [5.74, 6) is -1.30. The number of benzene rings is 2. The van der Waals surface area contributed by atoms with E-state index in [0.29, 0.717) is 17.5 Å². The first-order valence-corrected chi connectivity index (χ1v) is 11.4. The van der Waals surface area contributed by atoms with E-state index in [2.05, 4.69) is 6.92 Å². The van der Waals surface area contributed by atoms with Crippen LogP contribution >= 0.6 is 0 Å². The van der Waals surface area contributed by atoms with Crippen LogP contribution in [0.15, 0.2) is 36.4 Å². The maximum Gasteiger partial charge on any atom is 0.373 e. The van der Waals surface area contributed by atoms with Gasteiger partial charge in [0.2, 0.25) is 0 Å². The first kappa shape index (κ1) is 26.6. The molecule has 0 aliphatic rings. The Morgan fingerprint density at radius 3 is 1.58 bits per heavy atom. The lowest BCUT2D eigenvalue weighted by atomic mass is 10.1. The van der Waals surface area contributed by atoms with Gasteiger partial charge >= 0.3 is 18.2 Å². The fourth-order valence-electron chi connectivity index (χ4n) is 3.42. The van der Waals surface area contributed by atoms with Crippen LogP contribution < -0.4 is 0 Å². The third-order valence-corrected chi connectivity index (χ3v) is 5.26. The zero-order valence-corrected chi connectivity index (χ0v) is 20.1. The second-order valence-corrected chi connectivity index (χ2v) is 8.29. The maximum atomic E-state index is 12.4. The molecule has 0 aromatic heterocycles. The first-order valence-electron chi connectivity index (χ1n) is 11.4. The highest BCUT2D eigenvalue weighted by Gasteiger charge is 2.22. The third-order valence-electron chi connectivity index (χ3n) is 5.26. The summed E-state index contributed by atoms with van der Waals surface area (Å²) in [6.07, 6.45) is 6.07. The van der Waals surface area contributed by atoms with Crippen LogP contribution in [0.1, 0.15) is 87.9 Å². The lowest BCUT2D eigenvalue weighted by Crippen LogP contribution is -2.17. The fraction of sp³-hybridized carbons (Fsp3) is 0.407. The summed E-state index contributed by atoms with van der Waals surface area (Å²) in [5, 5.41) is 0. The van der Waals surface area contributed by atoms with E-state index >= 15 is 0 Å². The van der Waals surface area contributed by atoms with Gasteiger partial charge in [-0.05, 0) is 57.4 Å². The van der Waals surface area contributed by atoms with Gasteiger partial charge in [0.15, 0.2) is 0 Å². The molecule has 6 heteroatoms. The predicted octanol–water partition coefficient (Wildman–Crippen LogP) is 6.85. The van der Waals surface area contributed by atoms with Crippen molar-refractivity contribution in [2.45, 2.75) is 72.6 Å². The normalized spacial score (nSPS) is 11.0. The van der Waals surface area contributed by atoms with E-state index in [1.165, 1.54) is 0 Å². The Morgan fingerprint density at radius 1 is 0.667 bits per heavy atom. The molecule has 6 nitrogen and oxygen atoms in total. The van der Waals surface area contributed by atoms with Crippen LogP contribution in [0.3, 0.4) is 0 Å². The second-order valence-electron chi connectivity index (χ2n) is 8.29. The molecule has 2 rings (SSSR count). The molecular formula is C27H34O6. The highest BCUT2D eigenvalue weighted by Crippen LogP contribution is 2.21. The first-order chi connectivity index (χ1) is 15.8. The molecule has 2 aromatic carbocycles. The van der Waals surface area contributed by atoms with Crippen molar-refractivity contribution in [3.05, 3.63) is 83.0 Å². The van der Waals surface area contributed by atoms with E-state index in [1.807, 2.05) is 52.0 Å². The zero-order chi connectivity index (χ0) is 24.2. The van der Waals surface area contributed by atoms with Crippen LogP contribution in [-0.4, -0.2) is 11.9 Å². The summed E-state index contributed by atoms with van der Waals surface area (Å²) < 4.78 is 0. The van der Waals surface area contributed by atoms with E-state index in [-0.39, 0.29) is 6.29 Å². The Kier molecular flexibility index (Phi) is 11.1. The lowest BCUT2D eigenvalue weighted by molar-refractivity contribution is -0.364. The van der Waals surface area contributed by atoms with E-state index < -0.39 is 11.9 Å². The molecule has 2 aromatic rings. The molecular weight excluding hydrogens is 420 g/mol. The molecule has 33 heavy (non-hydrogen) atoms. The van der Waals surface area contributed by atoms with Crippen molar-refractivity contribution in [3.8, 4) is 0 Å². The second kappa shape index (κ2) is 13.8. The predicted molar refractivity (Wildman–Crippen MR) is 126 cm³/mol. The zero-order valence-electron chi connectivity index (χ0n) is 20.1. The molecule has 0 heterocycles. The number of unbranched alkanes of at least 4 members (excludes halogenated alkanes) is 5. The van der Waals surface area contributed by atoms with E-state index in [1.54, 1.807) is 12.1 Å². The Labute approximate surface area is 197 Å². The van der Waals surface area contributed by atoms with Gasteiger partial charge in [-0.15, -0.1) is 9.78 Å². The van der Waals surface area contributed by atoms with Crippen molar-refractivity contribution in [2.75, 3.05) is 0 Å². The molecule has 178 valence electrons. The molecule has 2 radical (unpaired) electrons. The monoisotopic (exact) mass is 454 g/mol. The van der Waals surface area contributed by atoms with Gasteiger partial charge in [-0.2, -0.15) is 0 Å². The molecule has 0 saturated heterocycles. The molecule has 0 N–H and O–H groups in total. The number of aryl methyl sites for hydroxylation is 4. The molecule has 0 spiro atoms. The van der Waals surface area contributed by atoms with E-state index in [4.69, 9.17) is 19.6 Å². The van der Waals surface area contributed by atoms with Gasteiger partial charge in [0.05, 0.1) is 11.1 Å². The number of carbonyl (C=O) groups is 2. The number of hydrogen-bond donors (Lipinski definition) is 0. The number of carbonyl (C=O) groups excluding carboxylic acids is 2. The number of hydrogen-bond acceptors (Lipinski definition) is 6. The average Bonchev–Trinajstić information content (AvgIpc) is 2.77. The van der Waals surface area contributed by atoms with Crippen LogP contribution in [-0.2, 0) is 19.6 Å². The summed E-state index contributed by atoms with van der Waals surface area (Å²) in [6, 6.07) is 10.8. The largest absolute Gasteiger partial charge is 0.373 e. The summed E-state index contributed by atoms with van der Waals surface area (Å²) >= 11 is 0. The minimum atomic E-state index is -0.648.